The number of nitrogens with zero attached hydrogens (tertiary/aromatic N) is 1. The Balaban J connectivity index is 2.11. The highest BCUT2D eigenvalue weighted by Gasteiger charge is 2.47. The van der Waals surface area contributed by atoms with Gasteiger partial charge in [-0.3, -0.25) is 10.6 Å². The Kier molecular flexibility index (Phi) is 3.30. The monoisotopic (exact) mass is 274 g/mol. The molecule has 0 saturated heterocycles. The Hall–Kier alpha value is -1.06. The first kappa shape index (κ1) is 13.9. The summed E-state index contributed by atoms with van der Waals surface area (Å²) in [4.78, 5) is 2.40. The fraction of sp³-hybridized carbons (Fsp3) is 0.647. The lowest BCUT2D eigenvalue weighted by Gasteiger charge is -2.30. The van der Waals surface area contributed by atoms with Gasteiger partial charge in [0, 0.05) is 18.2 Å². The minimum atomic E-state index is -0.226. The van der Waals surface area contributed by atoms with Crippen molar-refractivity contribution < 1.29 is 4.74 Å². The minimum Gasteiger partial charge on any atom is -0.474 e. The quantitative estimate of drug-likeness (QED) is 0.747. The van der Waals surface area contributed by atoms with Gasteiger partial charge in [-0.1, -0.05) is 26.0 Å². The summed E-state index contributed by atoms with van der Waals surface area (Å²) in [5, 5.41) is 0. The number of hydrogen-bond acceptors (Lipinski definition) is 3. The smallest absolute Gasteiger partial charge is 0.157 e. The third kappa shape index (κ3) is 1.73. The lowest BCUT2D eigenvalue weighted by Crippen LogP contribution is -2.29. The zero-order chi connectivity index (χ0) is 14.6. The number of allylic oxidation sites excluding steroid dienone is 1. The van der Waals surface area contributed by atoms with Gasteiger partial charge in [0.15, 0.2) is 6.23 Å². The summed E-state index contributed by atoms with van der Waals surface area (Å²) in [6.45, 7) is 10.1. The molecule has 5 atom stereocenters. The van der Waals surface area contributed by atoms with Crippen molar-refractivity contribution in [2.75, 3.05) is 13.6 Å². The van der Waals surface area contributed by atoms with Crippen molar-refractivity contribution in [3.05, 3.63) is 34.6 Å². The highest BCUT2D eigenvalue weighted by Crippen LogP contribution is 2.50. The molecule has 0 saturated carbocycles. The van der Waals surface area contributed by atoms with E-state index in [-0.39, 0.29) is 12.1 Å². The molecule has 0 aromatic rings. The number of ether oxygens (including phenoxy) is 1. The topological polar surface area (TPSA) is 38.5 Å². The molecule has 3 nitrogen and oxygen atoms in total. The van der Waals surface area contributed by atoms with Gasteiger partial charge in [0.05, 0.1) is 5.92 Å². The third-order valence-corrected chi connectivity index (χ3v) is 5.51. The molecule has 0 bridgehead atoms. The largest absolute Gasteiger partial charge is 0.474 e. The molecule has 3 aliphatic rings. The molecule has 0 spiro atoms. The van der Waals surface area contributed by atoms with E-state index in [1.807, 2.05) is 0 Å². The Bertz CT molecular complexity index is 517. The molecule has 3 heteroatoms. The maximum absolute atomic E-state index is 6.24. The number of hydrogen-bond donors (Lipinski definition) is 1. The minimum absolute atomic E-state index is 0.226. The second-order valence-electron chi connectivity index (χ2n) is 6.53. The van der Waals surface area contributed by atoms with Crippen LogP contribution in [0.3, 0.4) is 0 Å². The molecule has 2 N–H and O–H groups in total. The number of rotatable bonds is 1. The van der Waals surface area contributed by atoms with Gasteiger partial charge in [-0.2, -0.15) is 0 Å². The zero-order valence-corrected chi connectivity index (χ0v) is 13.2. The first-order valence-corrected chi connectivity index (χ1v) is 7.70. The van der Waals surface area contributed by atoms with Crippen LogP contribution in [0.25, 0.3) is 0 Å². The van der Waals surface area contributed by atoms with E-state index in [4.69, 9.17) is 10.5 Å². The molecule has 3 rings (SSSR count). The van der Waals surface area contributed by atoms with Crippen LogP contribution in [0.5, 0.6) is 0 Å². The number of fused-ring (bicyclic) bond motifs is 1. The zero-order valence-electron chi connectivity index (χ0n) is 13.2. The van der Waals surface area contributed by atoms with Crippen molar-refractivity contribution in [3.63, 3.8) is 0 Å². The molecule has 0 amide bonds. The highest BCUT2D eigenvalue weighted by atomic mass is 16.5. The van der Waals surface area contributed by atoms with Crippen LogP contribution in [-0.2, 0) is 4.74 Å². The second kappa shape index (κ2) is 4.74. The van der Waals surface area contributed by atoms with Crippen molar-refractivity contribution in [2.45, 2.75) is 40.0 Å². The maximum Gasteiger partial charge on any atom is 0.157 e. The van der Waals surface area contributed by atoms with Crippen molar-refractivity contribution in [2.24, 2.45) is 23.5 Å². The van der Waals surface area contributed by atoms with Gasteiger partial charge in [0.2, 0.25) is 0 Å². The Morgan fingerprint density at radius 1 is 1.25 bits per heavy atom. The Morgan fingerprint density at radius 3 is 2.60 bits per heavy atom. The van der Waals surface area contributed by atoms with Crippen LogP contribution in [-0.4, -0.2) is 30.8 Å². The summed E-state index contributed by atoms with van der Waals surface area (Å²) < 4.78 is 6.10. The molecule has 0 aromatic heterocycles. The molecular weight excluding hydrogens is 248 g/mol. The predicted molar refractivity (Wildman–Crippen MR) is 81.8 cm³/mol. The molecule has 1 aliphatic carbocycles. The molecule has 5 unspecified atom stereocenters. The Morgan fingerprint density at radius 2 is 1.95 bits per heavy atom. The van der Waals surface area contributed by atoms with Gasteiger partial charge in [-0.15, -0.1) is 0 Å². The lowest BCUT2D eigenvalue weighted by atomic mass is 9.72. The summed E-state index contributed by atoms with van der Waals surface area (Å²) in [6, 6.07) is 0.432. The summed E-state index contributed by atoms with van der Waals surface area (Å²) in [5.74, 6) is 2.44. The first-order chi connectivity index (χ1) is 9.47. The van der Waals surface area contributed by atoms with Gasteiger partial charge < -0.3 is 4.74 Å². The van der Waals surface area contributed by atoms with Gasteiger partial charge in [0.25, 0.3) is 0 Å². The fourth-order valence-electron chi connectivity index (χ4n) is 4.03. The number of likely N-dealkylation sites (N-methyl/N-ethyl adjacent to an activating group) is 1. The van der Waals surface area contributed by atoms with Crippen LogP contribution in [0.2, 0.25) is 0 Å². The fourth-order valence-corrected chi connectivity index (χ4v) is 4.03. The van der Waals surface area contributed by atoms with E-state index in [0.29, 0.717) is 17.9 Å². The molecular formula is C17H26N2O. The average Bonchev–Trinajstić information content (AvgIpc) is 2.87. The van der Waals surface area contributed by atoms with E-state index in [0.717, 1.165) is 12.3 Å². The second-order valence-corrected chi connectivity index (χ2v) is 6.53. The molecule has 0 fully saturated rings. The molecule has 0 aromatic carbocycles. The summed E-state index contributed by atoms with van der Waals surface area (Å²) in [5.41, 5.74) is 10.6. The van der Waals surface area contributed by atoms with Crippen LogP contribution >= 0.6 is 0 Å². The van der Waals surface area contributed by atoms with Crippen LogP contribution in [0.15, 0.2) is 34.6 Å². The Labute approximate surface area is 122 Å². The third-order valence-electron chi connectivity index (χ3n) is 5.51. The van der Waals surface area contributed by atoms with E-state index < -0.39 is 0 Å². The molecule has 2 heterocycles. The van der Waals surface area contributed by atoms with Gasteiger partial charge in [-0.25, -0.2) is 0 Å². The van der Waals surface area contributed by atoms with Crippen LogP contribution in [0.1, 0.15) is 27.7 Å². The molecule has 0 radical (unpaired) electrons. The van der Waals surface area contributed by atoms with E-state index in [2.05, 4.69) is 51.8 Å². The van der Waals surface area contributed by atoms with Gasteiger partial charge >= 0.3 is 0 Å². The standard InChI is InChI=1S/C17H26N2O/c1-6-7-12-14-10(3)9(2)13-8-19(5)11(4)15(13)16(14)20-17(12)18/h6-7,9-12,17H,8,18H2,1-5H3/b7-6-. The van der Waals surface area contributed by atoms with Crippen molar-refractivity contribution in [1.29, 1.82) is 0 Å². The molecule has 2 aliphatic heterocycles. The van der Waals surface area contributed by atoms with Gasteiger partial charge in [0.1, 0.15) is 5.76 Å². The van der Waals surface area contributed by atoms with Crippen LogP contribution in [0, 0.1) is 17.8 Å². The van der Waals surface area contributed by atoms with E-state index >= 15 is 0 Å². The van der Waals surface area contributed by atoms with Crippen LogP contribution in [0.4, 0.5) is 0 Å². The average molecular weight is 274 g/mol. The van der Waals surface area contributed by atoms with Crippen LogP contribution < -0.4 is 5.73 Å². The normalized spacial score (nSPS) is 41.4. The summed E-state index contributed by atoms with van der Waals surface area (Å²) in [7, 11) is 2.19. The van der Waals surface area contributed by atoms with Crippen molar-refractivity contribution >= 4 is 0 Å². The first-order valence-electron chi connectivity index (χ1n) is 7.70. The van der Waals surface area contributed by atoms with Crippen molar-refractivity contribution in [1.82, 2.24) is 4.90 Å². The predicted octanol–water partition coefficient (Wildman–Crippen LogP) is 2.66. The molecule has 110 valence electrons. The van der Waals surface area contributed by atoms with E-state index in [1.54, 1.807) is 5.57 Å². The van der Waals surface area contributed by atoms with Crippen molar-refractivity contribution in [3.8, 4) is 0 Å². The molecule has 20 heavy (non-hydrogen) atoms. The van der Waals surface area contributed by atoms with E-state index in [9.17, 15) is 0 Å². The van der Waals surface area contributed by atoms with Gasteiger partial charge in [-0.05, 0) is 43.9 Å². The maximum atomic E-state index is 6.24. The SMILES string of the molecule is C/C=C\C1C2=C(OC1N)C1=C(CN(C)C1C)C(C)C2C. The lowest BCUT2D eigenvalue weighted by molar-refractivity contribution is 0.133. The van der Waals surface area contributed by atoms with E-state index in [1.165, 1.54) is 11.1 Å². The summed E-state index contributed by atoms with van der Waals surface area (Å²) in [6.07, 6.45) is 4.07. The highest BCUT2D eigenvalue weighted by molar-refractivity contribution is 5.51. The number of nitrogens with two attached hydrogens (primary N) is 1. The summed E-state index contributed by atoms with van der Waals surface area (Å²) >= 11 is 0.